The molecule has 1 aliphatic heterocycles. The number of benzene rings is 1. The van der Waals surface area contributed by atoms with Gasteiger partial charge in [-0.1, -0.05) is 6.07 Å². The van der Waals surface area contributed by atoms with Crippen molar-refractivity contribution in [3.05, 3.63) is 34.9 Å². The van der Waals surface area contributed by atoms with E-state index in [0.717, 1.165) is 24.1 Å². The predicted octanol–water partition coefficient (Wildman–Crippen LogP) is 2.83. The van der Waals surface area contributed by atoms with E-state index in [1.54, 1.807) is 0 Å². The minimum atomic E-state index is 0.765. The first-order valence-electron chi connectivity index (χ1n) is 8.20. The Balaban J connectivity index is 1.55. The molecular weight excluding hydrogens is 258 g/mol. The van der Waals surface area contributed by atoms with Gasteiger partial charge in [-0.25, -0.2) is 0 Å². The smallest absolute Gasteiger partial charge is 0.0991 e. The fourth-order valence-electron chi connectivity index (χ4n) is 3.27. The van der Waals surface area contributed by atoms with Gasteiger partial charge in [-0.2, -0.15) is 5.26 Å². The van der Waals surface area contributed by atoms with Crippen molar-refractivity contribution in [3.8, 4) is 6.07 Å². The molecule has 0 amide bonds. The van der Waals surface area contributed by atoms with Crippen LogP contribution in [0.15, 0.2) is 18.2 Å². The number of likely N-dealkylation sites (tertiary alicyclic amines) is 1. The monoisotopic (exact) mass is 283 g/mol. The molecule has 0 aromatic heterocycles. The summed E-state index contributed by atoms with van der Waals surface area (Å²) < 4.78 is 0. The fourth-order valence-corrected chi connectivity index (χ4v) is 3.27. The first kappa shape index (κ1) is 14.6. The zero-order chi connectivity index (χ0) is 14.7. The van der Waals surface area contributed by atoms with E-state index in [0.29, 0.717) is 0 Å². The van der Waals surface area contributed by atoms with Crippen LogP contribution in [0.4, 0.5) is 0 Å². The van der Waals surface area contributed by atoms with Crippen LogP contribution in [0.25, 0.3) is 0 Å². The Kier molecular flexibility index (Phi) is 4.57. The third-order valence-electron chi connectivity index (χ3n) is 4.74. The first-order chi connectivity index (χ1) is 10.2. The van der Waals surface area contributed by atoms with E-state index in [-0.39, 0.29) is 0 Å². The van der Waals surface area contributed by atoms with Gasteiger partial charge >= 0.3 is 0 Å². The Morgan fingerprint density at radius 3 is 2.90 bits per heavy atom. The molecule has 0 spiro atoms. The molecule has 1 aliphatic carbocycles. The van der Waals surface area contributed by atoms with Crippen molar-refractivity contribution < 1.29 is 0 Å². The van der Waals surface area contributed by atoms with E-state index in [2.05, 4.69) is 29.3 Å². The lowest BCUT2D eigenvalue weighted by Gasteiger charge is -2.33. The van der Waals surface area contributed by atoms with Gasteiger partial charge in [-0.3, -0.25) is 4.90 Å². The summed E-state index contributed by atoms with van der Waals surface area (Å²) in [7, 11) is 0. The van der Waals surface area contributed by atoms with Gasteiger partial charge in [0.2, 0.25) is 0 Å². The number of nitrogens with one attached hydrogen (secondary N) is 1. The maximum atomic E-state index is 8.95. The number of hydrogen-bond acceptors (Lipinski definition) is 3. The normalized spacial score (nSPS) is 23.0. The lowest BCUT2D eigenvalue weighted by molar-refractivity contribution is 0.165. The van der Waals surface area contributed by atoms with Crippen LogP contribution in [-0.2, 0) is 6.54 Å². The molecule has 3 nitrogen and oxygen atoms in total. The van der Waals surface area contributed by atoms with Gasteiger partial charge in [0.05, 0.1) is 11.6 Å². The highest BCUT2D eigenvalue weighted by molar-refractivity contribution is 5.37. The summed E-state index contributed by atoms with van der Waals surface area (Å²) in [5.74, 6) is 0.804. The molecule has 3 heteroatoms. The van der Waals surface area contributed by atoms with Gasteiger partial charge in [-0.05, 0) is 74.9 Å². The van der Waals surface area contributed by atoms with Crippen molar-refractivity contribution in [2.24, 2.45) is 5.92 Å². The lowest BCUT2D eigenvalue weighted by atomic mass is 9.96. The fraction of sp³-hybridized carbons (Fsp3) is 0.611. The lowest BCUT2D eigenvalue weighted by Crippen LogP contribution is -2.39. The van der Waals surface area contributed by atoms with Crippen LogP contribution >= 0.6 is 0 Å². The Bertz CT molecular complexity index is 528. The van der Waals surface area contributed by atoms with Crippen molar-refractivity contribution in [2.45, 2.75) is 45.2 Å². The zero-order valence-electron chi connectivity index (χ0n) is 12.9. The third kappa shape index (κ3) is 4.06. The molecular formula is C18H25N3. The van der Waals surface area contributed by atoms with Gasteiger partial charge in [-0.15, -0.1) is 0 Å². The van der Waals surface area contributed by atoms with E-state index in [9.17, 15) is 0 Å². The van der Waals surface area contributed by atoms with E-state index in [1.807, 2.05) is 12.1 Å². The van der Waals surface area contributed by atoms with Crippen molar-refractivity contribution in [1.29, 1.82) is 5.26 Å². The molecule has 112 valence electrons. The maximum absolute atomic E-state index is 8.95. The van der Waals surface area contributed by atoms with Gasteiger partial charge in [0.15, 0.2) is 0 Å². The Hall–Kier alpha value is -1.37. The second-order valence-corrected chi connectivity index (χ2v) is 6.68. The van der Waals surface area contributed by atoms with E-state index in [4.69, 9.17) is 5.26 Å². The predicted molar refractivity (Wildman–Crippen MR) is 84.9 cm³/mol. The summed E-state index contributed by atoms with van der Waals surface area (Å²) in [5.41, 5.74) is 3.37. The molecule has 1 saturated carbocycles. The summed E-state index contributed by atoms with van der Waals surface area (Å²) in [6, 6.07) is 9.11. The van der Waals surface area contributed by atoms with Gasteiger partial charge in [0, 0.05) is 19.1 Å². The van der Waals surface area contributed by atoms with Crippen LogP contribution < -0.4 is 5.32 Å². The Labute approximate surface area is 128 Å². The second-order valence-electron chi connectivity index (χ2n) is 6.68. The highest BCUT2D eigenvalue weighted by Crippen LogP contribution is 2.23. The number of hydrogen-bond donors (Lipinski definition) is 1. The van der Waals surface area contributed by atoms with Crippen molar-refractivity contribution in [1.82, 2.24) is 10.2 Å². The molecule has 2 fully saturated rings. The molecule has 0 bridgehead atoms. The number of piperidine rings is 1. The van der Waals surface area contributed by atoms with E-state index in [1.165, 1.54) is 56.4 Å². The van der Waals surface area contributed by atoms with Crippen LogP contribution in [0.2, 0.25) is 0 Å². The minimum absolute atomic E-state index is 0.765. The minimum Gasteiger partial charge on any atom is -0.314 e. The summed E-state index contributed by atoms with van der Waals surface area (Å²) >= 11 is 0. The zero-order valence-corrected chi connectivity index (χ0v) is 12.9. The van der Waals surface area contributed by atoms with Crippen molar-refractivity contribution in [3.63, 3.8) is 0 Å². The molecule has 1 N–H and O–H groups in total. The van der Waals surface area contributed by atoms with Crippen molar-refractivity contribution in [2.75, 3.05) is 19.6 Å². The third-order valence-corrected chi connectivity index (χ3v) is 4.74. The molecule has 1 heterocycles. The first-order valence-corrected chi connectivity index (χ1v) is 8.20. The second kappa shape index (κ2) is 6.60. The van der Waals surface area contributed by atoms with Crippen LogP contribution in [0.5, 0.6) is 0 Å². The highest BCUT2D eigenvalue weighted by Gasteiger charge is 2.24. The number of rotatable bonds is 5. The molecule has 1 atom stereocenters. The Morgan fingerprint density at radius 2 is 2.19 bits per heavy atom. The van der Waals surface area contributed by atoms with Crippen LogP contribution in [0.1, 0.15) is 42.4 Å². The molecule has 1 saturated heterocycles. The maximum Gasteiger partial charge on any atom is 0.0991 e. The summed E-state index contributed by atoms with van der Waals surface area (Å²) in [4.78, 5) is 2.58. The molecule has 1 aromatic carbocycles. The number of nitrogens with zero attached hydrogens (tertiary/aromatic N) is 2. The molecule has 2 aliphatic rings. The average molecular weight is 283 g/mol. The molecule has 1 aromatic rings. The number of aryl methyl sites for hydroxylation is 1. The Morgan fingerprint density at radius 1 is 1.33 bits per heavy atom. The van der Waals surface area contributed by atoms with Gasteiger partial charge in [0.25, 0.3) is 0 Å². The van der Waals surface area contributed by atoms with Crippen molar-refractivity contribution >= 4 is 0 Å². The SMILES string of the molecule is Cc1cc(C#N)ccc1CN1CCCC(CNC2CC2)C1. The topological polar surface area (TPSA) is 39.1 Å². The summed E-state index contributed by atoms with van der Waals surface area (Å²) in [6.07, 6.45) is 5.43. The van der Waals surface area contributed by atoms with Crippen LogP contribution in [0, 0.1) is 24.2 Å². The summed E-state index contributed by atoms with van der Waals surface area (Å²) in [6.45, 7) is 6.75. The quantitative estimate of drug-likeness (QED) is 0.903. The average Bonchev–Trinajstić information content (AvgIpc) is 3.32. The van der Waals surface area contributed by atoms with Gasteiger partial charge in [0.1, 0.15) is 0 Å². The standard InChI is InChI=1S/C18H25N3/c1-14-9-15(10-19)4-5-17(14)13-21-8-2-3-16(12-21)11-20-18-6-7-18/h4-5,9,16,18,20H,2-3,6-8,11-13H2,1H3. The van der Waals surface area contributed by atoms with Gasteiger partial charge < -0.3 is 5.32 Å². The largest absolute Gasteiger partial charge is 0.314 e. The number of nitriles is 1. The molecule has 3 rings (SSSR count). The molecule has 1 unspecified atom stereocenters. The molecule has 0 radical (unpaired) electrons. The van der Waals surface area contributed by atoms with E-state index >= 15 is 0 Å². The van der Waals surface area contributed by atoms with E-state index < -0.39 is 0 Å². The van der Waals surface area contributed by atoms with Crippen LogP contribution in [0.3, 0.4) is 0 Å². The van der Waals surface area contributed by atoms with Crippen LogP contribution in [-0.4, -0.2) is 30.6 Å². The highest BCUT2D eigenvalue weighted by atomic mass is 15.1. The molecule has 21 heavy (non-hydrogen) atoms. The summed E-state index contributed by atoms with van der Waals surface area (Å²) in [5, 5.41) is 12.6.